The van der Waals surface area contributed by atoms with E-state index in [9.17, 15) is 4.39 Å². The molecule has 0 bridgehead atoms. The van der Waals surface area contributed by atoms with Gasteiger partial charge in [0.2, 0.25) is 0 Å². The van der Waals surface area contributed by atoms with Crippen molar-refractivity contribution < 1.29 is 4.39 Å². The molecule has 2 rings (SSSR count). The number of hydrogen-bond acceptors (Lipinski definition) is 4. The summed E-state index contributed by atoms with van der Waals surface area (Å²) in [5, 5.41) is 0.952. The predicted octanol–water partition coefficient (Wildman–Crippen LogP) is 3.41. The van der Waals surface area contributed by atoms with Gasteiger partial charge in [0, 0.05) is 21.3 Å². The molecule has 1 unspecified atom stereocenters. The Kier molecular flexibility index (Phi) is 4.67. The minimum absolute atomic E-state index is 0.276. The van der Waals surface area contributed by atoms with Gasteiger partial charge in [-0.15, -0.1) is 11.3 Å². The van der Waals surface area contributed by atoms with Crippen molar-refractivity contribution in [2.24, 2.45) is 5.84 Å². The molecule has 1 heterocycles. The second-order valence-electron chi connectivity index (χ2n) is 4.31. The Hall–Kier alpha value is -0.820. The van der Waals surface area contributed by atoms with Crippen molar-refractivity contribution in [2.75, 3.05) is 0 Å². The van der Waals surface area contributed by atoms with E-state index in [-0.39, 0.29) is 11.9 Å². The van der Waals surface area contributed by atoms with Gasteiger partial charge in [-0.25, -0.2) is 9.37 Å². The van der Waals surface area contributed by atoms with Gasteiger partial charge < -0.3 is 0 Å². The minimum Gasteiger partial charge on any atom is -0.271 e. The summed E-state index contributed by atoms with van der Waals surface area (Å²) in [6.07, 6.45) is 0.565. The lowest BCUT2D eigenvalue weighted by Gasteiger charge is -2.17. The molecule has 1 aromatic carbocycles. The van der Waals surface area contributed by atoms with E-state index in [1.165, 1.54) is 10.9 Å². The number of hydrogen-bond donors (Lipinski definition) is 2. The Morgan fingerprint density at radius 3 is 2.74 bits per heavy atom. The van der Waals surface area contributed by atoms with E-state index in [1.807, 2.05) is 13.8 Å². The Morgan fingerprint density at radius 1 is 1.47 bits per heavy atom. The summed E-state index contributed by atoms with van der Waals surface area (Å²) in [5.74, 6) is 5.30. The van der Waals surface area contributed by atoms with Crippen molar-refractivity contribution in [1.29, 1.82) is 0 Å². The van der Waals surface area contributed by atoms with Crippen LogP contribution in [0.2, 0.25) is 0 Å². The SMILES string of the molecule is Cc1nc(CC(NN)c2c(F)cccc2Br)sc1C. The largest absolute Gasteiger partial charge is 0.271 e. The van der Waals surface area contributed by atoms with Gasteiger partial charge >= 0.3 is 0 Å². The first-order chi connectivity index (χ1) is 9.02. The second kappa shape index (κ2) is 6.09. The third kappa shape index (κ3) is 3.20. The summed E-state index contributed by atoms with van der Waals surface area (Å²) < 4.78 is 14.6. The number of aromatic nitrogens is 1. The first-order valence-corrected chi connectivity index (χ1v) is 7.46. The molecule has 0 aliphatic heterocycles. The number of aryl methyl sites for hydroxylation is 2. The Morgan fingerprint density at radius 2 is 2.21 bits per heavy atom. The normalized spacial score (nSPS) is 12.7. The lowest BCUT2D eigenvalue weighted by atomic mass is 10.0. The van der Waals surface area contributed by atoms with Gasteiger partial charge in [0.05, 0.1) is 16.7 Å². The average Bonchev–Trinajstić information content (AvgIpc) is 2.67. The zero-order valence-corrected chi connectivity index (χ0v) is 13.1. The van der Waals surface area contributed by atoms with Crippen LogP contribution < -0.4 is 11.3 Å². The number of thiazole rings is 1. The van der Waals surface area contributed by atoms with E-state index < -0.39 is 0 Å². The van der Waals surface area contributed by atoms with E-state index in [2.05, 4.69) is 26.3 Å². The van der Waals surface area contributed by atoms with Crippen LogP contribution in [0.1, 0.15) is 27.2 Å². The molecule has 1 atom stereocenters. The molecular weight excluding hydrogens is 329 g/mol. The first kappa shape index (κ1) is 14.6. The molecule has 0 saturated carbocycles. The highest BCUT2D eigenvalue weighted by Crippen LogP contribution is 2.29. The zero-order valence-electron chi connectivity index (χ0n) is 10.7. The fourth-order valence-corrected chi connectivity index (χ4v) is 3.49. The maximum absolute atomic E-state index is 13.9. The molecule has 0 aliphatic carbocycles. The Bertz CT molecular complexity index is 546. The fraction of sp³-hybridized carbons (Fsp3) is 0.308. The second-order valence-corrected chi connectivity index (χ2v) is 6.45. The molecule has 102 valence electrons. The third-order valence-corrected chi connectivity index (χ3v) is 4.79. The molecule has 3 N–H and O–H groups in total. The van der Waals surface area contributed by atoms with Gasteiger partial charge in [0.15, 0.2) is 0 Å². The highest BCUT2D eigenvalue weighted by Gasteiger charge is 2.19. The van der Waals surface area contributed by atoms with Crippen molar-refractivity contribution in [3.8, 4) is 0 Å². The topological polar surface area (TPSA) is 50.9 Å². The summed E-state index contributed by atoms with van der Waals surface area (Å²) >= 11 is 4.99. The van der Waals surface area contributed by atoms with E-state index in [1.54, 1.807) is 23.5 Å². The molecule has 0 amide bonds. The number of nitrogens with one attached hydrogen (secondary N) is 1. The van der Waals surface area contributed by atoms with Crippen molar-refractivity contribution >= 4 is 27.3 Å². The summed E-state index contributed by atoms with van der Waals surface area (Å²) in [4.78, 5) is 5.65. The fourth-order valence-electron chi connectivity index (χ4n) is 1.89. The van der Waals surface area contributed by atoms with Gasteiger partial charge in [0.1, 0.15) is 5.82 Å². The number of nitrogens with two attached hydrogens (primary N) is 1. The molecule has 19 heavy (non-hydrogen) atoms. The van der Waals surface area contributed by atoms with Crippen LogP contribution in [0, 0.1) is 19.7 Å². The van der Waals surface area contributed by atoms with E-state index in [4.69, 9.17) is 5.84 Å². The highest BCUT2D eigenvalue weighted by atomic mass is 79.9. The monoisotopic (exact) mass is 343 g/mol. The lowest BCUT2D eigenvalue weighted by molar-refractivity contribution is 0.507. The molecule has 0 saturated heterocycles. The molecule has 3 nitrogen and oxygen atoms in total. The van der Waals surface area contributed by atoms with Crippen molar-refractivity contribution in [3.05, 3.63) is 49.6 Å². The van der Waals surface area contributed by atoms with E-state index >= 15 is 0 Å². The Balaban J connectivity index is 2.30. The summed E-state index contributed by atoms with van der Waals surface area (Å²) in [6, 6.07) is 4.60. The van der Waals surface area contributed by atoms with E-state index in [0.29, 0.717) is 16.5 Å². The number of hydrazine groups is 1. The number of rotatable bonds is 4. The van der Waals surface area contributed by atoms with Crippen LogP contribution in [0.3, 0.4) is 0 Å². The summed E-state index contributed by atoms with van der Waals surface area (Å²) in [6.45, 7) is 4.00. The van der Waals surface area contributed by atoms with Gasteiger partial charge in [-0.1, -0.05) is 22.0 Å². The maximum Gasteiger partial charge on any atom is 0.129 e. The summed E-state index contributed by atoms with van der Waals surface area (Å²) in [5.41, 5.74) is 4.23. The van der Waals surface area contributed by atoms with Crippen LogP contribution in [0.15, 0.2) is 22.7 Å². The Labute approximate surface area is 124 Å². The molecule has 0 spiro atoms. The first-order valence-electron chi connectivity index (χ1n) is 5.86. The molecule has 2 aromatic rings. The quantitative estimate of drug-likeness (QED) is 0.660. The van der Waals surface area contributed by atoms with Crippen LogP contribution in [-0.2, 0) is 6.42 Å². The molecule has 6 heteroatoms. The maximum atomic E-state index is 13.9. The van der Waals surface area contributed by atoms with Crippen LogP contribution in [0.25, 0.3) is 0 Å². The van der Waals surface area contributed by atoms with Crippen LogP contribution >= 0.6 is 27.3 Å². The van der Waals surface area contributed by atoms with Crippen LogP contribution in [-0.4, -0.2) is 4.98 Å². The minimum atomic E-state index is -0.305. The van der Waals surface area contributed by atoms with Gasteiger partial charge in [-0.3, -0.25) is 11.3 Å². The predicted molar refractivity (Wildman–Crippen MR) is 79.5 cm³/mol. The average molecular weight is 344 g/mol. The van der Waals surface area contributed by atoms with Crippen LogP contribution in [0.4, 0.5) is 4.39 Å². The molecule has 1 aromatic heterocycles. The number of halogens is 2. The standard InChI is InChI=1S/C13H15BrFN3S/c1-7-8(2)19-12(17-7)6-11(18-16)13-9(14)4-3-5-10(13)15/h3-5,11,18H,6,16H2,1-2H3. The van der Waals surface area contributed by atoms with Gasteiger partial charge in [-0.2, -0.15) is 0 Å². The smallest absolute Gasteiger partial charge is 0.129 e. The molecular formula is C13H15BrFN3S. The number of nitrogens with zero attached hydrogens (tertiary/aromatic N) is 1. The van der Waals surface area contributed by atoms with Crippen molar-refractivity contribution in [3.63, 3.8) is 0 Å². The van der Waals surface area contributed by atoms with Crippen molar-refractivity contribution in [1.82, 2.24) is 10.4 Å². The molecule has 0 radical (unpaired) electrons. The van der Waals surface area contributed by atoms with Crippen molar-refractivity contribution in [2.45, 2.75) is 26.3 Å². The van der Waals surface area contributed by atoms with E-state index in [0.717, 1.165) is 10.7 Å². The number of benzene rings is 1. The lowest BCUT2D eigenvalue weighted by Crippen LogP contribution is -2.30. The van der Waals surface area contributed by atoms with Gasteiger partial charge in [0.25, 0.3) is 0 Å². The van der Waals surface area contributed by atoms with Crippen LogP contribution in [0.5, 0.6) is 0 Å². The van der Waals surface area contributed by atoms with Gasteiger partial charge in [-0.05, 0) is 26.0 Å². The molecule has 0 fully saturated rings. The summed E-state index contributed by atoms with van der Waals surface area (Å²) in [7, 11) is 0. The third-order valence-electron chi connectivity index (χ3n) is 3.00. The zero-order chi connectivity index (χ0) is 14.0. The molecule has 0 aliphatic rings. The highest BCUT2D eigenvalue weighted by molar-refractivity contribution is 9.10.